The second kappa shape index (κ2) is 3.96. The Morgan fingerprint density at radius 1 is 1.53 bits per heavy atom. The largest absolute Gasteiger partial charge is 0.482 e. The van der Waals surface area contributed by atoms with E-state index in [1.807, 2.05) is 0 Å². The molecule has 1 aliphatic rings. The minimum Gasteiger partial charge on any atom is -0.482 e. The van der Waals surface area contributed by atoms with Gasteiger partial charge in [0.1, 0.15) is 12.4 Å². The quantitative estimate of drug-likeness (QED) is 0.847. The number of hydrogen-bond donors (Lipinski definition) is 1. The number of rotatable bonds is 2. The fourth-order valence-electron chi connectivity index (χ4n) is 1.59. The number of ether oxygens (including phenoxy) is 1. The molecule has 1 aromatic rings. The van der Waals surface area contributed by atoms with Crippen molar-refractivity contribution >= 4 is 11.6 Å². The molecule has 6 heteroatoms. The van der Waals surface area contributed by atoms with Crippen molar-refractivity contribution in [3.8, 4) is 5.75 Å². The predicted octanol–water partition coefficient (Wildman–Crippen LogP) is 1.13. The Hall–Kier alpha value is -1.69. The lowest BCUT2D eigenvalue weighted by molar-refractivity contribution is -0.121. The third-order valence-corrected chi connectivity index (χ3v) is 2.67. The molecule has 17 heavy (non-hydrogen) atoms. The van der Waals surface area contributed by atoms with Crippen molar-refractivity contribution in [1.82, 2.24) is 0 Å². The molecule has 0 aliphatic carbocycles. The Bertz CT molecular complexity index is 462. The molecule has 1 N–H and O–H groups in total. The van der Waals surface area contributed by atoms with Gasteiger partial charge in [0, 0.05) is 12.6 Å². The summed E-state index contributed by atoms with van der Waals surface area (Å²) < 4.78 is 31.7. The zero-order valence-corrected chi connectivity index (χ0v) is 9.11. The highest BCUT2D eigenvalue weighted by atomic mass is 19.3. The first-order valence-electron chi connectivity index (χ1n) is 4.98. The summed E-state index contributed by atoms with van der Waals surface area (Å²) in [5.74, 6) is -3.25. The molecule has 92 valence electrons. The van der Waals surface area contributed by atoms with Crippen LogP contribution in [0.5, 0.6) is 5.75 Å². The first kappa shape index (κ1) is 11.8. The average Bonchev–Trinajstić information content (AvgIpc) is 2.33. The second-order valence-electron chi connectivity index (χ2n) is 3.79. The molecule has 0 saturated heterocycles. The molecule has 0 bridgehead atoms. The van der Waals surface area contributed by atoms with E-state index in [2.05, 4.69) is 0 Å². The Morgan fingerprint density at radius 3 is 2.88 bits per heavy atom. The maximum absolute atomic E-state index is 13.3. The van der Waals surface area contributed by atoms with Crippen LogP contribution in [-0.2, 0) is 10.7 Å². The smallest absolute Gasteiger partial charge is 0.295 e. The number of anilines is 1. The van der Waals surface area contributed by atoms with Crippen LogP contribution in [0.1, 0.15) is 5.56 Å². The number of carbonyl (C=O) groups excluding carboxylic acids is 1. The van der Waals surface area contributed by atoms with Crippen LogP contribution in [-0.4, -0.2) is 31.3 Å². The van der Waals surface area contributed by atoms with Crippen molar-refractivity contribution in [2.45, 2.75) is 5.92 Å². The molecule has 1 aliphatic heterocycles. The van der Waals surface area contributed by atoms with Gasteiger partial charge in [0.15, 0.2) is 6.61 Å². The van der Waals surface area contributed by atoms with Gasteiger partial charge in [-0.3, -0.25) is 4.79 Å². The summed E-state index contributed by atoms with van der Waals surface area (Å²) in [5, 5.41) is 8.61. The van der Waals surface area contributed by atoms with Gasteiger partial charge in [-0.1, -0.05) is 0 Å². The van der Waals surface area contributed by atoms with Crippen molar-refractivity contribution in [2.24, 2.45) is 0 Å². The number of hydrogen-bond acceptors (Lipinski definition) is 3. The molecule has 0 unspecified atom stereocenters. The highest BCUT2D eigenvalue weighted by Gasteiger charge is 2.33. The van der Waals surface area contributed by atoms with Crippen LogP contribution in [0.25, 0.3) is 0 Å². The van der Waals surface area contributed by atoms with Crippen LogP contribution in [0.15, 0.2) is 18.2 Å². The van der Waals surface area contributed by atoms with Crippen LogP contribution in [0.2, 0.25) is 0 Å². The van der Waals surface area contributed by atoms with Gasteiger partial charge in [0.25, 0.3) is 11.8 Å². The molecule has 0 atom stereocenters. The van der Waals surface area contributed by atoms with Gasteiger partial charge in [0.2, 0.25) is 0 Å². The summed E-state index contributed by atoms with van der Waals surface area (Å²) >= 11 is 0. The van der Waals surface area contributed by atoms with E-state index in [1.54, 1.807) is 0 Å². The number of aliphatic hydroxyl groups is 1. The number of halogens is 2. The highest BCUT2D eigenvalue weighted by Crippen LogP contribution is 2.36. The number of amides is 1. The van der Waals surface area contributed by atoms with Crippen molar-refractivity contribution < 1.29 is 23.4 Å². The first-order chi connectivity index (χ1) is 7.95. The Labute approximate surface area is 96.4 Å². The van der Waals surface area contributed by atoms with E-state index < -0.39 is 12.5 Å². The number of likely N-dealkylation sites (N-methyl/N-ethyl adjacent to an activating group) is 1. The zero-order chi connectivity index (χ0) is 12.6. The van der Waals surface area contributed by atoms with Crippen LogP contribution < -0.4 is 9.64 Å². The molecule has 4 nitrogen and oxygen atoms in total. The van der Waals surface area contributed by atoms with Crippen molar-refractivity contribution in [3.63, 3.8) is 0 Å². The van der Waals surface area contributed by atoms with Gasteiger partial charge in [-0.25, -0.2) is 0 Å². The summed E-state index contributed by atoms with van der Waals surface area (Å²) in [6.07, 6.45) is 0. The Kier molecular flexibility index (Phi) is 2.74. The first-order valence-corrected chi connectivity index (χ1v) is 4.98. The lowest BCUT2D eigenvalue weighted by Gasteiger charge is -2.27. The summed E-state index contributed by atoms with van der Waals surface area (Å²) in [4.78, 5) is 12.6. The summed E-state index contributed by atoms with van der Waals surface area (Å²) in [5.41, 5.74) is -0.0595. The molecule has 1 amide bonds. The molecule has 0 saturated carbocycles. The SMILES string of the molecule is CN1C(=O)COc2ccc(C(F)(F)CO)cc21. The third kappa shape index (κ3) is 1.95. The molecule has 0 aromatic heterocycles. The van der Waals surface area contributed by atoms with Crippen molar-refractivity contribution in [2.75, 3.05) is 25.2 Å². The van der Waals surface area contributed by atoms with E-state index >= 15 is 0 Å². The van der Waals surface area contributed by atoms with E-state index in [1.165, 1.54) is 24.1 Å². The second-order valence-corrected chi connectivity index (χ2v) is 3.79. The van der Waals surface area contributed by atoms with Crippen LogP contribution in [0.4, 0.5) is 14.5 Å². The van der Waals surface area contributed by atoms with E-state index in [9.17, 15) is 13.6 Å². The monoisotopic (exact) mass is 243 g/mol. The third-order valence-electron chi connectivity index (χ3n) is 2.67. The molecule has 0 fully saturated rings. The van der Waals surface area contributed by atoms with E-state index in [4.69, 9.17) is 9.84 Å². The van der Waals surface area contributed by atoms with E-state index in [0.717, 1.165) is 6.07 Å². The van der Waals surface area contributed by atoms with Gasteiger partial charge in [-0.2, -0.15) is 8.78 Å². The molecule has 1 aromatic carbocycles. The van der Waals surface area contributed by atoms with E-state index in [-0.39, 0.29) is 23.8 Å². The van der Waals surface area contributed by atoms with Crippen molar-refractivity contribution in [3.05, 3.63) is 23.8 Å². The number of benzene rings is 1. The molecular weight excluding hydrogens is 232 g/mol. The van der Waals surface area contributed by atoms with Gasteiger partial charge >= 0.3 is 0 Å². The fourth-order valence-corrected chi connectivity index (χ4v) is 1.59. The number of nitrogens with zero attached hydrogens (tertiary/aromatic N) is 1. The summed E-state index contributed by atoms with van der Waals surface area (Å²) in [6.45, 7) is -1.37. The maximum Gasteiger partial charge on any atom is 0.295 e. The normalized spacial score (nSPS) is 15.5. The number of fused-ring (bicyclic) bond motifs is 1. The van der Waals surface area contributed by atoms with Crippen LogP contribution in [0, 0.1) is 0 Å². The summed E-state index contributed by atoms with van der Waals surface area (Å²) in [7, 11) is 1.49. The minimum absolute atomic E-state index is 0.0980. The average molecular weight is 243 g/mol. The molecular formula is C11H11F2NO3. The van der Waals surface area contributed by atoms with Gasteiger partial charge in [-0.05, 0) is 18.2 Å². The van der Waals surface area contributed by atoms with Crippen LogP contribution >= 0.6 is 0 Å². The van der Waals surface area contributed by atoms with Crippen LogP contribution in [0.3, 0.4) is 0 Å². The maximum atomic E-state index is 13.3. The zero-order valence-electron chi connectivity index (χ0n) is 9.11. The number of alkyl halides is 2. The Balaban J connectivity index is 2.46. The lowest BCUT2D eigenvalue weighted by atomic mass is 10.1. The van der Waals surface area contributed by atoms with Gasteiger partial charge < -0.3 is 14.7 Å². The summed E-state index contributed by atoms with van der Waals surface area (Å²) in [6, 6.07) is 3.71. The molecule has 2 rings (SSSR count). The fraction of sp³-hybridized carbons (Fsp3) is 0.364. The number of aliphatic hydroxyl groups excluding tert-OH is 1. The predicted molar refractivity (Wildman–Crippen MR) is 56.3 cm³/mol. The lowest BCUT2D eigenvalue weighted by Crippen LogP contribution is -2.35. The molecule has 0 radical (unpaired) electrons. The highest BCUT2D eigenvalue weighted by molar-refractivity contribution is 5.97. The minimum atomic E-state index is -3.32. The Morgan fingerprint density at radius 2 is 2.24 bits per heavy atom. The standard InChI is InChI=1S/C11H11F2NO3/c1-14-8-4-7(11(12,13)6-15)2-3-9(8)17-5-10(14)16/h2-4,15H,5-6H2,1H3. The van der Waals surface area contributed by atoms with Crippen molar-refractivity contribution in [1.29, 1.82) is 0 Å². The topological polar surface area (TPSA) is 49.8 Å². The van der Waals surface area contributed by atoms with Gasteiger partial charge in [-0.15, -0.1) is 0 Å². The molecule has 1 heterocycles. The molecule has 0 spiro atoms. The number of carbonyl (C=O) groups is 1. The van der Waals surface area contributed by atoms with Gasteiger partial charge in [0.05, 0.1) is 5.69 Å². The van der Waals surface area contributed by atoms with E-state index in [0.29, 0.717) is 5.75 Å².